The van der Waals surface area contributed by atoms with Crippen molar-refractivity contribution in [3.05, 3.63) is 70.4 Å². The second-order valence-electron chi connectivity index (χ2n) is 7.69. The third-order valence-corrected chi connectivity index (χ3v) is 5.58. The standard InChI is InChI=1S/C24H25N3O5/c1-4-31-18-11-6-5-10-16(18)22-20-17(13-32-23(20)29)27(24(30)26-22)12-19(28)25-21-14(2)8-7-9-15(21)3/h5-11,22H,4,12-13H2,1-3H3,(H,25,28)(H,26,30)/t22-/m1/s1. The molecule has 0 unspecified atom stereocenters. The van der Waals surface area contributed by atoms with Crippen LogP contribution in [0.5, 0.6) is 5.75 Å². The second kappa shape index (κ2) is 8.74. The summed E-state index contributed by atoms with van der Waals surface area (Å²) in [4.78, 5) is 39.6. The molecule has 8 nitrogen and oxygen atoms in total. The van der Waals surface area contributed by atoms with Crippen LogP contribution in [-0.4, -0.2) is 42.6 Å². The molecule has 0 fully saturated rings. The number of carbonyl (C=O) groups is 3. The van der Waals surface area contributed by atoms with Crippen LogP contribution in [0.4, 0.5) is 10.5 Å². The number of anilines is 1. The van der Waals surface area contributed by atoms with E-state index < -0.39 is 18.0 Å². The molecule has 1 atom stereocenters. The molecular formula is C24H25N3O5. The number of amides is 3. The van der Waals surface area contributed by atoms with Crippen LogP contribution >= 0.6 is 0 Å². The molecule has 0 saturated carbocycles. The van der Waals surface area contributed by atoms with Gasteiger partial charge in [0.2, 0.25) is 5.91 Å². The van der Waals surface area contributed by atoms with Gasteiger partial charge in [-0.15, -0.1) is 0 Å². The first-order valence-corrected chi connectivity index (χ1v) is 10.5. The number of hydrogen-bond acceptors (Lipinski definition) is 5. The molecule has 2 aliphatic heterocycles. The Morgan fingerprint density at radius 3 is 2.59 bits per heavy atom. The lowest BCUT2D eigenvalue weighted by molar-refractivity contribution is -0.136. The molecule has 32 heavy (non-hydrogen) atoms. The Morgan fingerprint density at radius 2 is 1.88 bits per heavy atom. The molecule has 0 aromatic heterocycles. The topological polar surface area (TPSA) is 97.0 Å². The number of cyclic esters (lactones) is 1. The molecule has 0 spiro atoms. The van der Waals surface area contributed by atoms with Gasteiger partial charge in [-0.1, -0.05) is 36.4 Å². The van der Waals surface area contributed by atoms with Crippen LogP contribution < -0.4 is 15.4 Å². The molecule has 0 aliphatic carbocycles. The highest BCUT2D eigenvalue weighted by molar-refractivity contribution is 6.00. The Kier molecular flexibility index (Phi) is 5.85. The van der Waals surface area contributed by atoms with E-state index in [9.17, 15) is 14.4 Å². The quantitative estimate of drug-likeness (QED) is 0.679. The van der Waals surface area contributed by atoms with E-state index in [-0.39, 0.29) is 19.1 Å². The second-order valence-corrected chi connectivity index (χ2v) is 7.69. The van der Waals surface area contributed by atoms with Gasteiger partial charge in [-0.25, -0.2) is 9.59 Å². The number of benzene rings is 2. The first kappa shape index (κ1) is 21.4. The Bertz CT molecular complexity index is 1100. The summed E-state index contributed by atoms with van der Waals surface area (Å²) in [6, 6.07) is 11.8. The lowest BCUT2D eigenvalue weighted by Crippen LogP contribution is -2.49. The Balaban J connectivity index is 1.63. The minimum atomic E-state index is -0.715. The summed E-state index contributed by atoms with van der Waals surface area (Å²) in [7, 11) is 0. The normalized spacial score (nSPS) is 17.6. The number of carbonyl (C=O) groups excluding carboxylic acids is 3. The molecule has 8 heteroatoms. The van der Waals surface area contributed by atoms with Gasteiger partial charge in [0.05, 0.1) is 23.9 Å². The van der Waals surface area contributed by atoms with E-state index in [1.165, 1.54) is 4.90 Å². The van der Waals surface area contributed by atoms with Gasteiger partial charge in [-0.3, -0.25) is 9.69 Å². The molecule has 2 N–H and O–H groups in total. The number of hydrogen-bond donors (Lipinski definition) is 2. The fourth-order valence-corrected chi connectivity index (χ4v) is 4.05. The number of aryl methyl sites for hydroxylation is 2. The molecule has 2 heterocycles. The predicted octanol–water partition coefficient (Wildman–Crippen LogP) is 3.22. The molecule has 4 rings (SSSR count). The molecule has 2 aromatic carbocycles. The van der Waals surface area contributed by atoms with Gasteiger partial charge < -0.3 is 20.1 Å². The largest absolute Gasteiger partial charge is 0.494 e. The van der Waals surface area contributed by atoms with E-state index in [2.05, 4.69) is 10.6 Å². The summed E-state index contributed by atoms with van der Waals surface area (Å²) >= 11 is 0. The summed E-state index contributed by atoms with van der Waals surface area (Å²) < 4.78 is 10.9. The highest BCUT2D eigenvalue weighted by atomic mass is 16.5. The zero-order valence-electron chi connectivity index (χ0n) is 18.2. The molecule has 0 bridgehead atoms. The van der Waals surface area contributed by atoms with Crippen LogP contribution in [0.3, 0.4) is 0 Å². The first-order valence-electron chi connectivity index (χ1n) is 10.5. The van der Waals surface area contributed by atoms with Crippen LogP contribution in [0.2, 0.25) is 0 Å². The Labute approximate surface area is 186 Å². The van der Waals surface area contributed by atoms with Crippen molar-refractivity contribution >= 4 is 23.6 Å². The summed E-state index contributed by atoms with van der Waals surface area (Å²) in [5.74, 6) is -0.304. The molecular weight excluding hydrogens is 410 g/mol. The monoisotopic (exact) mass is 435 g/mol. The van der Waals surface area contributed by atoms with E-state index in [1.54, 1.807) is 12.1 Å². The van der Waals surface area contributed by atoms with Crippen molar-refractivity contribution in [3.63, 3.8) is 0 Å². The number of esters is 1. The van der Waals surface area contributed by atoms with Gasteiger partial charge >= 0.3 is 12.0 Å². The summed E-state index contributed by atoms with van der Waals surface area (Å²) in [5, 5.41) is 5.72. The van der Waals surface area contributed by atoms with Crippen LogP contribution in [0, 0.1) is 13.8 Å². The van der Waals surface area contributed by atoms with Crippen LogP contribution in [0.15, 0.2) is 53.7 Å². The van der Waals surface area contributed by atoms with Crippen LogP contribution in [0.25, 0.3) is 0 Å². The lowest BCUT2D eigenvalue weighted by atomic mass is 9.95. The number of rotatable bonds is 6. The zero-order chi connectivity index (χ0) is 22.8. The van der Waals surface area contributed by atoms with Crippen molar-refractivity contribution in [2.45, 2.75) is 26.8 Å². The molecule has 2 aliphatic rings. The fourth-order valence-electron chi connectivity index (χ4n) is 4.05. The Morgan fingerprint density at radius 1 is 1.16 bits per heavy atom. The van der Waals surface area contributed by atoms with E-state index in [0.29, 0.717) is 34.9 Å². The van der Waals surface area contributed by atoms with Crippen molar-refractivity contribution in [2.75, 3.05) is 25.1 Å². The maximum absolute atomic E-state index is 13.0. The minimum Gasteiger partial charge on any atom is -0.494 e. The summed E-state index contributed by atoms with van der Waals surface area (Å²) in [5.41, 5.74) is 3.94. The SMILES string of the molecule is CCOc1ccccc1[C@H]1NC(=O)N(CC(=O)Nc2c(C)cccc2C)C2=C1C(=O)OC2. The van der Waals surface area contributed by atoms with Crippen molar-refractivity contribution in [1.29, 1.82) is 0 Å². The lowest BCUT2D eigenvalue weighted by Gasteiger charge is -2.33. The van der Waals surface area contributed by atoms with E-state index in [1.807, 2.05) is 51.1 Å². The first-order chi connectivity index (χ1) is 15.4. The highest BCUT2D eigenvalue weighted by Gasteiger charge is 2.43. The number of nitrogens with one attached hydrogen (secondary N) is 2. The van der Waals surface area contributed by atoms with Crippen molar-refractivity contribution in [3.8, 4) is 5.75 Å². The van der Waals surface area contributed by atoms with Gasteiger partial charge in [-0.2, -0.15) is 0 Å². The van der Waals surface area contributed by atoms with Crippen molar-refractivity contribution < 1.29 is 23.9 Å². The number of ether oxygens (including phenoxy) is 2. The number of urea groups is 1. The van der Waals surface area contributed by atoms with E-state index >= 15 is 0 Å². The average Bonchev–Trinajstić information content (AvgIpc) is 3.15. The number of para-hydroxylation sites is 2. The molecule has 3 amide bonds. The predicted molar refractivity (Wildman–Crippen MR) is 118 cm³/mol. The fraction of sp³-hybridized carbons (Fsp3) is 0.292. The van der Waals surface area contributed by atoms with Gasteiger partial charge in [0.15, 0.2) is 0 Å². The minimum absolute atomic E-state index is 0.0639. The third kappa shape index (κ3) is 3.91. The smallest absolute Gasteiger partial charge is 0.338 e. The van der Waals surface area contributed by atoms with E-state index in [0.717, 1.165) is 11.1 Å². The van der Waals surface area contributed by atoms with Gasteiger partial charge in [0.1, 0.15) is 18.9 Å². The molecule has 0 saturated heterocycles. The highest BCUT2D eigenvalue weighted by Crippen LogP contribution is 2.38. The van der Waals surface area contributed by atoms with E-state index in [4.69, 9.17) is 9.47 Å². The Hall–Kier alpha value is -3.81. The van der Waals surface area contributed by atoms with Crippen LogP contribution in [-0.2, 0) is 14.3 Å². The van der Waals surface area contributed by atoms with Crippen molar-refractivity contribution in [1.82, 2.24) is 10.2 Å². The average molecular weight is 435 g/mol. The van der Waals surface area contributed by atoms with Gasteiger partial charge in [0, 0.05) is 11.3 Å². The van der Waals surface area contributed by atoms with Crippen LogP contribution in [0.1, 0.15) is 29.7 Å². The summed E-state index contributed by atoms with van der Waals surface area (Å²) in [6.07, 6.45) is 0. The maximum atomic E-state index is 13.0. The summed E-state index contributed by atoms with van der Waals surface area (Å²) in [6.45, 7) is 5.81. The molecule has 2 aromatic rings. The van der Waals surface area contributed by atoms with Gasteiger partial charge in [-0.05, 0) is 38.0 Å². The number of nitrogens with zero attached hydrogens (tertiary/aromatic N) is 1. The van der Waals surface area contributed by atoms with Gasteiger partial charge in [0.25, 0.3) is 0 Å². The van der Waals surface area contributed by atoms with Crippen molar-refractivity contribution in [2.24, 2.45) is 0 Å². The zero-order valence-corrected chi connectivity index (χ0v) is 18.2. The molecule has 166 valence electrons. The molecule has 0 radical (unpaired) electrons. The third-order valence-electron chi connectivity index (χ3n) is 5.58. The maximum Gasteiger partial charge on any atom is 0.338 e.